The first-order valence-corrected chi connectivity index (χ1v) is 9.86. The Kier molecular flexibility index (Phi) is 6.19. The van der Waals surface area contributed by atoms with Crippen LogP contribution in [0.15, 0.2) is 47.6 Å². The SMILES string of the molecule is COCCn1c(SC(C)C(=O)Nc2cc(C)ccc2C)nc2ccccc21. The summed E-state index contributed by atoms with van der Waals surface area (Å²) in [6, 6.07) is 14.1. The van der Waals surface area contributed by atoms with Crippen LogP contribution >= 0.6 is 11.8 Å². The Labute approximate surface area is 164 Å². The van der Waals surface area contributed by atoms with E-state index in [1.807, 2.05) is 63.2 Å². The van der Waals surface area contributed by atoms with Crippen LogP contribution in [-0.2, 0) is 16.1 Å². The van der Waals surface area contributed by atoms with E-state index in [1.54, 1.807) is 7.11 Å². The summed E-state index contributed by atoms with van der Waals surface area (Å²) in [6.45, 7) is 7.22. The van der Waals surface area contributed by atoms with Crippen LogP contribution in [0.3, 0.4) is 0 Å². The lowest BCUT2D eigenvalue weighted by molar-refractivity contribution is -0.115. The average molecular weight is 384 g/mol. The number of hydrogen-bond acceptors (Lipinski definition) is 4. The Hall–Kier alpha value is -2.31. The summed E-state index contributed by atoms with van der Waals surface area (Å²) in [5, 5.41) is 3.60. The summed E-state index contributed by atoms with van der Waals surface area (Å²) in [5.74, 6) is -0.0287. The molecule has 0 aliphatic heterocycles. The van der Waals surface area contributed by atoms with Gasteiger partial charge < -0.3 is 14.6 Å². The standard InChI is InChI=1S/C21H25N3O2S/c1-14-9-10-15(2)18(13-14)22-20(25)16(3)27-21-23-17-7-5-6-8-19(17)24(21)11-12-26-4/h5-10,13,16H,11-12H2,1-4H3,(H,22,25). The number of nitrogens with one attached hydrogen (secondary N) is 1. The van der Waals surface area contributed by atoms with Gasteiger partial charge in [-0.15, -0.1) is 0 Å². The maximum atomic E-state index is 12.7. The number of rotatable bonds is 7. The number of benzene rings is 2. The molecule has 0 fully saturated rings. The van der Waals surface area contributed by atoms with Crippen molar-refractivity contribution in [1.29, 1.82) is 0 Å². The Balaban J connectivity index is 1.79. The van der Waals surface area contributed by atoms with Crippen LogP contribution in [0, 0.1) is 13.8 Å². The van der Waals surface area contributed by atoms with Gasteiger partial charge in [0.05, 0.1) is 22.9 Å². The second kappa shape index (κ2) is 8.59. The van der Waals surface area contributed by atoms with Gasteiger partial charge in [-0.3, -0.25) is 4.79 Å². The summed E-state index contributed by atoms with van der Waals surface area (Å²) < 4.78 is 7.35. The number of fused-ring (bicyclic) bond motifs is 1. The van der Waals surface area contributed by atoms with Crippen LogP contribution in [0.5, 0.6) is 0 Å². The Morgan fingerprint density at radius 1 is 1.26 bits per heavy atom. The Morgan fingerprint density at radius 2 is 2.04 bits per heavy atom. The normalized spacial score (nSPS) is 12.3. The van der Waals surface area contributed by atoms with Crippen LogP contribution in [-0.4, -0.2) is 34.4 Å². The van der Waals surface area contributed by atoms with Crippen LogP contribution < -0.4 is 5.32 Å². The van der Waals surface area contributed by atoms with Crippen molar-refractivity contribution in [2.24, 2.45) is 0 Å². The van der Waals surface area contributed by atoms with Crippen LogP contribution in [0.1, 0.15) is 18.1 Å². The number of aryl methyl sites for hydroxylation is 2. The fourth-order valence-electron chi connectivity index (χ4n) is 2.86. The van der Waals surface area contributed by atoms with Gasteiger partial charge in [-0.2, -0.15) is 0 Å². The van der Waals surface area contributed by atoms with E-state index in [1.165, 1.54) is 11.8 Å². The van der Waals surface area contributed by atoms with Crippen molar-refractivity contribution in [2.45, 2.75) is 37.7 Å². The fraction of sp³-hybridized carbons (Fsp3) is 0.333. The molecule has 3 rings (SSSR count). The molecular formula is C21H25N3O2S. The monoisotopic (exact) mass is 383 g/mol. The van der Waals surface area contributed by atoms with Crippen molar-refractivity contribution < 1.29 is 9.53 Å². The zero-order chi connectivity index (χ0) is 19.4. The molecule has 1 aromatic heterocycles. The summed E-state index contributed by atoms with van der Waals surface area (Å²) in [5.41, 5.74) is 5.02. The largest absolute Gasteiger partial charge is 0.383 e. The molecule has 5 nitrogen and oxygen atoms in total. The molecule has 0 spiro atoms. The lowest BCUT2D eigenvalue weighted by Crippen LogP contribution is -2.23. The zero-order valence-corrected chi connectivity index (χ0v) is 17.0. The molecular weight excluding hydrogens is 358 g/mol. The predicted molar refractivity (Wildman–Crippen MR) is 111 cm³/mol. The lowest BCUT2D eigenvalue weighted by Gasteiger charge is -2.15. The molecule has 0 radical (unpaired) electrons. The first-order valence-electron chi connectivity index (χ1n) is 8.98. The first kappa shape index (κ1) is 19.5. The highest BCUT2D eigenvalue weighted by atomic mass is 32.2. The van der Waals surface area contributed by atoms with Gasteiger partial charge in [0.15, 0.2) is 5.16 Å². The molecule has 0 aliphatic rings. The number of carbonyl (C=O) groups excluding carboxylic acids is 1. The number of amides is 1. The maximum absolute atomic E-state index is 12.7. The van der Waals surface area contributed by atoms with Gasteiger partial charge in [0.2, 0.25) is 5.91 Å². The van der Waals surface area contributed by atoms with Gasteiger partial charge in [0.1, 0.15) is 0 Å². The lowest BCUT2D eigenvalue weighted by atomic mass is 10.1. The second-order valence-electron chi connectivity index (χ2n) is 6.60. The number of nitrogens with zero attached hydrogens (tertiary/aromatic N) is 2. The van der Waals surface area contributed by atoms with Gasteiger partial charge in [-0.05, 0) is 50.1 Å². The molecule has 3 aromatic rings. The smallest absolute Gasteiger partial charge is 0.237 e. The highest BCUT2D eigenvalue weighted by molar-refractivity contribution is 8.00. The molecule has 0 saturated carbocycles. The van der Waals surface area contributed by atoms with Crippen molar-refractivity contribution in [3.8, 4) is 0 Å². The third-order valence-corrected chi connectivity index (χ3v) is 5.53. The van der Waals surface area contributed by atoms with E-state index in [0.717, 1.165) is 33.0 Å². The molecule has 1 amide bonds. The van der Waals surface area contributed by atoms with E-state index in [0.29, 0.717) is 13.2 Å². The minimum atomic E-state index is -0.275. The molecule has 1 N–H and O–H groups in total. The number of thioether (sulfide) groups is 1. The third-order valence-electron chi connectivity index (χ3n) is 4.44. The average Bonchev–Trinajstić information content (AvgIpc) is 3.00. The molecule has 2 aromatic carbocycles. The van der Waals surface area contributed by atoms with Gasteiger partial charge in [-0.25, -0.2) is 4.98 Å². The van der Waals surface area contributed by atoms with E-state index >= 15 is 0 Å². The van der Waals surface area contributed by atoms with Gasteiger partial charge in [0, 0.05) is 19.3 Å². The minimum absolute atomic E-state index is 0.0287. The van der Waals surface area contributed by atoms with Crippen molar-refractivity contribution in [1.82, 2.24) is 9.55 Å². The van der Waals surface area contributed by atoms with Crippen molar-refractivity contribution in [2.75, 3.05) is 19.0 Å². The highest BCUT2D eigenvalue weighted by Crippen LogP contribution is 2.28. The maximum Gasteiger partial charge on any atom is 0.237 e. The minimum Gasteiger partial charge on any atom is -0.383 e. The topological polar surface area (TPSA) is 56.1 Å². The van der Waals surface area contributed by atoms with Gasteiger partial charge in [0.25, 0.3) is 0 Å². The quantitative estimate of drug-likeness (QED) is 0.614. The van der Waals surface area contributed by atoms with Crippen molar-refractivity contribution in [3.63, 3.8) is 0 Å². The van der Waals surface area contributed by atoms with E-state index in [-0.39, 0.29) is 11.2 Å². The third kappa shape index (κ3) is 4.51. The molecule has 1 unspecified atom stereocenters. The van der Waals surface area contributed by atoms with Gasteiger partial charge in [-0.1, -0.05) is 36.0 Å². The Bertz CT molecular complexity index is 952. The number of carbonyl (C=O) groups is 1. The number of imidazole rings is 1. The van der Waals surface area contributed by atoms with Gasteiger partial charge >= 0.3 is 0 Å². The van der Waals surface area contributed by atoms with Crippen molar-refractivity contribution >= 4 is 34.4 Å². The van der Waals surface area contributed by atoms with Crippen molar-refractivity contribution in [3.05, 3.63) is 53.6 Å². The molecule has 1 heterocycles. The molecule has 27 heavy (non-hydrogen) atoms. The Morgan fingerprint density at radius 3 is 2.81 bits per heavy atom. The predicted octanol–water partition coefficient (Wildman–Crippen LogP) is 4.42. The summed E-state index contributed by atoms with van der Waals surface area (Å²) in [7, 11) is 1.69. The summed E-state index contributed by atoms with van der Waals surface area (Å²) in [4.78, 5) is 17.4. The molecule has 1 atom stereocenters. The van der Waals surface area contributed by atoms with E-state index in [2.05, 4.69) is 9.88 Å². The second-order valence-corrected chi connectivity index (χ2v) is 7.90. The summed E-state index contributed by atoms with van der Waals surface area (Å²) >= 11 is 1.47. The number of aromatic nitrogens is 2. The van der Waals surface area contributed by atoms with Crippen LogP contribution in [0.4, 0.5) is 5.69 Å². The first-order chi connectivity index (χ1) is 13.0. The van der Waals surface area contributed by atoms with E-state index < -0.39 is 0 Å². The number of anilines is 1. The van der Waals surface area contributed by atoms with Crippen LogP contribution in [0.2, 0.25) is 0 Å². The molecule has 0 saturated heterocycles. The number of methoxy groups -OCH3 is 1. The fourth-order valence-corrected chi connectivity index (χ4v) is 3.81. The molecule has 0 bridgehead atoms. The van der Waals surface area contributed by atoms with E-state index in [9.17, 15) is 4.79 Å². The highest BCUT2D eigenvalue weighted by Gasteiger charge is 2.20. The van der Waals surface area contributed by atoms with Crippen LogP contribution in [0.25, 0.3) is 11.0 Å². The zero-order valence-electron chi connectivity index (χ0n) is 16.2. The molecule has 6 heteroatoms. The molecule has 0 aliphatic carbocycles. The number of para-hydroxylation sites is 2. The molecule has 142 valence electrons. The van der Waals surface area contributed by atoms with E-state index in [4.69, 9.17) is 9.72 Å². The summed E-state index contributed by atoms with van der Waals surface area (Å²) in [6.07, 6.45) is 0. The number of ether oxygens (including phenoxy) is 1. The number of hydrogen-bond donors (Lipinski definition) is 1.